The van der Waals surface area contributed by atoms with Crippen molar-refractivity contribution in [1.82, 2.24) is 9.88 Å². The number of rotatable bonds is 5. The number of nitrogens with zero attached hydrogens (tertiary/aromatic N) is 2. The minimum atomic E-state index is -0.940. The molecule has 0 saturated carbocycles. The lowest BCUT2D eigenvalue weighted by atomic mass is 9.95. The van der Waals surface area contributed by atoms with E-state index in [1.165, 1.54) is 19.2 Å². The van der Waals surface area contributed by atoms with Crippen molar-refractivity contribution in [3.8, 4) is 5.75 Å². The number of aromatic nitrogens is 1. The number of halogens is 2. The number of likely N-dealkylation sites (tertiary alicyclic amines) is 1. The first-order chi connectivity index (χ1) is 14.3. The molecule has 1 fully saturated rings. The van der Waals surface area contributed by atoms with Crippen LogP contribution in [0.2, 0.25) is 0 Å². The van der Waals surface area contributed by atoms with Gasteiger partial charge in [-0.2, -0.15) is 4.39 Å². The average molecular weight is 439 g/mol. The van der Waals surface area contributed by atoms with Crippen LogP contribution in [0.5, 0.6) is 5.75 Å². The molecule has 3 N–H and O–H groups in total. The number of benzene rings is 1. The lowest BCUT2D eigenvalue weighted by Gasteiger charge is -2.33. The Bertz CT molecular complexity index is 830. The zero-order valence-corrected chi connectivity index (χ0v) is 18.2. The molecule has 0 bridgehead atoms. The molecule has 1 aromatic heterocycles. The smallest absolute Gasteiger partial charge is 0.227 e. The van der Waals surface area contributed by atoms with Crippen LogP contribution >= 0.6 is 11.9 Å². The van der Waals surface area contributed by atoms with E-state index in [1.807, 2.05) is 0 Å². The second-order valence-electron chi connectivity index (χ2n) is 7.15. The SMILES string of the molecule is CC(C)N1CCC(C(=O)Nc2ccnc(SN)c2)CC1.COc1cccc(F)c1F. The number of methoxy groups -OCH3 is 1. The molecular weight excluding hydrogens is 410 g/mol. The number of anilines is 1. The van der Waals surface area contributed by atoms with E-state index in [0.717, 1.165) is 49.6 Å². The summed E-state index contributed by atoms with van der Waals surface area (Å²) < 4.78 is 29.3. The average Bonchev–Trinajstić information content (AvgIpc) is 2.76. The Morgan fingerprint density at radius 2 is 2.00 bits per heavy atom. The Balaban J connectivity index is 0.000000269. The molecule has 9 heteroatoms. The number of ether oxygens (including phenoxy) is 1. The highest BCUT2D eigenvalue weighted by atomic mass is 32.2. The largest absolute Gasteiger partial charge is 0.494 e. The Labute approximate surface area is 180 Å². The topological polar surface area (TPSA) is 80.5 Å². The lowest BCUT2D eigenvalue weighted by molar-refractivity contribution is -0.121. The van der Waals surface area contributed by atoms with Crippen LogP contribution in [0.3, 0.4) is 0 Å². The summed E-state index contributed by atoms with van der Waals surface area (Å²) in [6.07, 6.45) is 3.51. The van der Waals surface area contributed by atoms with Crippen molar-refractivity contribution in [2.75, 3.05) is 25.5 Å². The summed E-state index contributed by atoms with van der Waals surface area (Å²) in [4.78, 5) is 18.8. The van der Waals surface area contributed by atoms with Gasteiger partial charge in [0.15, 0.2) is 11.6 Å². The van der Waals surface area contributed by atoms with Crippen LogP contribution in [0.1, 0.15) is 26.7 Å². The van der Waals surface area contributed by atoms with Crippen molar-refractivity contribution in [3.63, 3.8) is 0 Å². The Morgan fingerprint density at radius 3 is 2.57 bits per heavy atom. The molecule has 0 unspecified atom stereocenters. The van der Waals surface area contributed by atoms with Crippen molar-refractivity contribution in [2.45, 2.75) is 37.8 Å². The van der Waals surface area contributed by atoms with Gasteiger partial charge in [0.2, 0.25) is 11.7 Å². The number of carbonyl (C=O) groups is 1. The number of piperidine rings is 1. The van der Waals surface area contributed by atoms with E-state index in [9.17, 15) is 13.6 Å². The molecule has 6 nitrogen and oxygen atoms in total. The molecule has 1 amide bonds. The molecule has 1 aliphatic heterocycles. The lowest BCUT2D eigenvalue weighted by Crippen LogP contribution is -2.41. The summed E-state index contributed by atoms with van der Waals surface area (Å²) in [7, 11) is 1.29. The summed E-state index contributed by atoms with van der Waals surface area (Å²) in [6, 6.07) is 7.93. The van der Waals surface area contributed by atoms with Gasteiger partial charge in [-0.1, -0.05) is 6.07 Å². The zero-order valence-electron chi connectivity index (χ0n) is 17.4. The van der Waals surface area contributed by atoms with Crippen LogP contribution in [-0.4, -0.2) is 42.0 Å². The molecule has 0 spiro atoms. The highest BCUT2D eigenvalue weighted by Gasteiger charge is 2.26. The second kappa shape index (κ2) is 11.8. The predicted octanol–water partition coefficient (Wildman–Crippen LogP) is 4.08. The zero-order chi connectivity index (χ0) is 22.1. The summed E-state index contributed by atoms with van der Waals surface area (Å²) in [5.41, 5.74) is 0.768. The molecule has 164 valence electrons. The van der Waals surface area contributed by atoms with Gasteiger partial charge in [0.1, 0.15) is 5.03 Å². The molecule has 1 aliphatic rings. The maximum absolute atomic E-state index is 12.5. The van der Waals surface area contributed by atoms with Crippen LogP contribution in [0.25, 0.3) is 0 Å². The van der Waals surface area contributed by atoms with E-state index in [-0.39, 0.29) is 17.6 Å². The van der Waals surface area contributed by atoms with E-state index >= 15 is 0 Å². The van der Waals surface area contributed by atoms with Gasteiger partial charge in [-0.15, -0.1) is 0 Å². The first-order valence-corrected chi connectivity index (χ1v) is 10.6. The summed E-state index contributed by atoms with van der Waals surface area (Å²) >= 11 is 1.08. The number of pyridine rings is 1. The van der Waals surface area contributed by atoms with Gasteiger partial charge in [0.05, 0.1) is 7.11 Å². The molecule has 1 aromatic carbocycles. The van der Waals surface area contributed by atoms with Gasteiger partial charge in [0.25, 0.3) is 0 Å². The maximum atomic E-state index is 12.5. The molecule has 2 aromatic rings. The highest BCUT2D eigenvalue weighted by molar-refractivity contribution is 7.97. The second-order valence-corrected chi connectivity index (χ2v) is 7.80. The van der Waals surface area contributed by atoms with Crippen molar-refractivity contribution < 1.29 is 18.3 Å². The van der Waals surface area contributed by atoms with Crippen LogP contribution in [0.4, 0.5) is 14.5 Å². The first-order valence-electron chi connectivity index (χ1n) is 9.71. The summed E-state index contributed by atoms with van der Waals surface area (Å²) in [5.74, 6) is -1.69. The summed E-state index contributed by atoms with van der Waals surface area (Å²) in [5, 5.41) is 9.14. The van der Waals surface area contributed by atoms with E-state index in [0.29, 0.717) is 11.1 Å². The Morgan fingerprint density at radius 1 is 1.30 bits per heavy atom. The highest BCUT2D eigenvalue weighted by Crippen LogP contribution is 2.22. The van der Waals surface area contributed by atoms with Gasteiger partial charge < -0.3 is 15.0 Å². The van der Waals surface area contributed by atoms with Crippen LogP contribution in [0, 0.1) is 17.6 Å². The predicted molar refractivity (Wildman–Crippen MR) is 115 cm³/mol. The maximum Gasteiger partial charge on any atom is 0.227 e. The number of hydrogen-bond acceptors (Lipinski definition) is 6. The fraction of sp³-hybridized carbons (Fsp3) is 0.429. The van der Waals surface area contributed by atoms with Crippen LogP contribution in [0.15, 0.2) is 41.6 Å². The van der Waals surface area contributed by atoms with E-state index in [4.69, 9.17) is 5.14 Å². The van der Waals surface area contributed by atoms with Crippen molar-refractivity contribution in [3.05, 3.63) is 48.2 Å². The van der Waals surface area contributed by atoms with Gasteiger partial charge >= 0.3 is 0 Å². The Hall–Kier alpha value is -2.23. The van der Waals surface area contributed by atoms with Crippen LogP contribution < -0.4 is 15.2 Å². The van der Waals surface area contributed by atoms with Crippen molar-refractivity contribution in [2.24, 2.45) is 11.1 Å². The van der Waals surface area contributed by atoms with Crippen molar-refractivity contribution in [1.29, 1.82) is 0 Å². The molecule has 2 heterocycles. The van der Waals surface area contributed by atoms with E-state index in [2.05, 4.69) is 33.8 Å². The first kappa shape index (κ1) is 24.0. The fourth-order valence-electron chi connectivity index (χ4n) is 3.12. The number of nitrogens with two attached hydrogens (primary N) is 1. The number of nitrogens with one attached hydrogen (secondary N) is 1. The van der Waals surface area contributed by atoms with Crippen LogP contribution in [-0.2, 0) is 4.79 Å². The van der Waals surface area contributed by atoms with Gasteiger partial charge in [-0.05, 0) is 76.0 Å². The van der Waals surface area contributed by atoms with Gasteiger partial charge in [-0.3, -0.25) is 9.93 Å². The van der Waals surface area contributed by atoms with Crippen molar-refractivity contribution >= 4 is 23.5 Å². The van der Waals surface area contributed by atoms with Gasteiger partial charge in [0, 0.05) is 23.8 Å². The fourth-order valence-corrected chi connectivity index (χ4v) is 3.43. The molecule has 0 aliphatic carbocycles. The normalized spacial score (nSPS) is 14.8. The minimum Gasteiger partial charge on any atom is -0.494 e. The van der Waals surface area contributed by atoms with E-state index < -0.39 is 11.6 Å². The molecule has 3 rings (SSSR count). The quantitative estimate of drug-likeness (QED) is 0.685. The third-order valence-electron chi connectivity index (χ3n) is 4.89. The number of amides is 1. The third-order valence-corrected chi connectivity index (χ3v) is 5.35. The number of carbonyl (C=O) groups excluding carboxylic acids is 1. The third kappa shape index (κ3) is 6.93. The molecule has 1 saturated heterocycles. The molecule has 0 atom stereocenters. The summed E-state index contributed by atoms with van der Waals surface area (Å²) in [6.45, 7) is 6.39. The van der Waals surface area contributed by atoms with E-state index in [1.54, 1.807) is 18.3 Å². The Kier molecular flexibility index (Phi) is 9.48. The van der Waals surface area contributed by atoms with Gasteiger partial charge in [-0.25, -0.2) is 9.37 Å². The standard InChI is InChI=1S/C14H22N4OS.C7H6F2O/c1-10(2)18-7-4-11(5-8-18)14(19)17-12-3-6-16-13(9-12)20-15;1-10-6-4-2-3-5(8)7(6)9/h3,6,9-11H,4-5,7-8,15H2,1-2H3,(H,16,17,19);2-4H,1H3. The molecule has 30 heavy (non-hydrogen) atoms. The molecule has 0 radical (unpaired) electrons. The monoisotopic (exact) mass is 438 g/mol. The minimum absolute atomic E-state index is 0.0694. The molecular formula is C21H28F2N4O2S. The number of hydrogen-bond donors (Lipinski definition) is 2.